The van der Waals surface area contributed by atoms with E-state index in [2.05, 4.69) is 41.9 Å². The van der Waals surface area contributed by atoms with Crippen LogP contribution in [0.2, 0.25) is 0 Å². The van der Waals surface area contributed by atoms with Crippen molar-refractivity contribution in [2.75, 3.05) is 0 Å². The van der Waals surface area contributed by atoms with E-state index in [0.29, 0.717) is 0 Å². The zero-order valence-corrected chi connectivity index (χ0v) is 11.3. The molecule has 0 bridgehead atoms. The molecule has 1 rings (SSSR count). The van der Waals surface area contributed by atoms with Gasteiger partial charge in [0.2, 0.25) is 0 Å². The van der Waals surface area contributed by atoms with Crippen LogP contribution in [-0.2, 0) is 6.42 Å². The first-order valence-electron chi connectivity index (χ1n) is 4.99. The third-order valence-corrected chi connectivity index (χ3v) is 3.03. The number of thiazole rings is 1. The van der Waals surface area contributed by atoms with Gasteiger partial charge >= 0.3 is 0 Å². The van der Waals surface area contributed by atoms with Crippen LogP contribution in [0.25, 0.3) is 6.08 Å². The van der Waals surface area contributed by atoms with Crippen LogP contribution in [0.15, 0.2) is 5.70 Å². The van der Waals surface area contributed by atoms with E-state index in [9.17, 15) is 0 Å². The lowest BCUT2D eigenvalue weighted by atomic mass is 10.3. The van der Waals surface area contributed by atoms with Crippen LogP contribution in [0.3, 0.4) is 0 Å². The van der Waals surface area contributed by atoms with Crippen molar-refractivity contribution in [1.82, 2.24) is 15.8 Å². The van der Waals surface area contributed by atoms with Crippen molar-refractivity contribution in [1.29, 1.82) is 0 Å². The topological polar surface area (TPSA) is 63.0 Å². The van der Waals surface area contributed by atoms with Gasteiger partial charge in [0.25, 0.3) is 0 Å². The maximum atomic E-state index is 5.30. The number of hydrogen-bond donors (Lipinski definition) is 3. The van der Waals surface area contributed by atoms with Gasteiger partial charge in [-0.2, -0.15) is 0 Å². The largest absolute Gasteiger partial charge is 0.375 e. The second-order valence-electron chi connectivity index (χ2n) is 3.35. The molecule has 0 aliphatic carbocycles. The van der Waals surface area contributed by atoms with E-state index in [1.165, 1.54) is 4.88 Å². The van der Waals surface area contributed by atoms with Gasteiger partial charge in [-0.05, 0) is 38.6 Å². The lowest BCUT2D eigenvalue weighted by Gasteiger charge is -2.06. The minimum Gasteiger partial charge on any atom is -0.375 e. The zero-order valence-electron chi connectivity index (χ0n) is 9.63. The van der Waals surface area contributed by atoms with Crippen molar-refractivity contribution in [2.45, 2.75) is 27.2 Å². The third kappa shape index (κ3) is 3.79. The summed E-state index contributed by atoms with van der Waals surface area (Å²) in [6, 6.07) is 0. The molecule has 1 aromatic rings. The quantitative estimate of drug-likeness (QED) is 0.565. The number of nitrogens with zero attached hydrogens (tertiary/aromatic N) is 1. The molecule has 0 spiro atoms. The van der Waals surface area contributed by atoms with Gasteiger partial charge < -0.3 is 11.2 Å². The Morgan fingerprint density at radius 1 is 1.56 bits per heavy atom. The number of thiocarbonyl (C=S) groups is 1. The van der Waals surface area contributed by atoms with Crippen molar-refractivity contribution >= 4 is 34.7 Å². The molecular weight excluding hydrogens is 240 g/mol. The van der Waals surface area contributed by atoms with Gasteiger partial charge in [0.15, 0.2) is 5.11 Å². The molecule has 4 N–H and O–H groups in total. The van der Waals surface area contributed by atoms with Gasteiger partial charge in [-0.15, -0.1) is 11.3 Å². The summed E-state index contributed by atoms with van der Waals surface area (Å²) in [5.74, 6) is 0. The molecule has 0 saturated heterocycles. The molecule has 0 aromatic carbocycles. The molecule has 0 radical (unpaired) electrons. The molecule has 88 valence electrons. The number of hydrogen-bond acceptors (Lipinski definition) is 4. The molecule has 4 nitrogen and oxygen atoms in total. The van der Waals surface area contributed by atoms with Gasteiger partial charge in [-0.1, -0.05) is 6.92 Å². The minimum absolute atomic E-state index is 0.220. The first-order valence-corrected chi connectivity index (χ1v) is 6.21. The highest BCUT2D eigenvalue weighted by Gasteiger charge is 2.03. The van der Waals surface area contributed by atoms with Crippen LogP contribution >= 0.6 is 23.6 Å². The molecular formula is C10H16N4S2. The third-order valence-electron chi connectivity index (χ3n) is 1.97. The highest BCUT2D eigenvalue weighted by Crippen LogP contribution is 2.19. The molecule has 0 aliphatic rings. The first kappa shape index (κ1) is 12.9. The standard InChI is InChI=1S/C10H16N4S2/c1-4-8-7(3)16-9(12-8)5-6(2)13-14-10(11)15/h5,13H,4H2,1-3H3,(H3,11,14,15)/b6-5-. The molecule has 0 unspecified atom stereocenters. The maximum absolute atomic E-state index is 5.30. The summed E-state index contributed by atoms with van der Waals surface area (Å²) in [6.07, 6.45) is 2.93. The lowest BCUT2D eigenvalue weighted by Crippen LogP contribution is -2.39. The van der Waals surface area contributed by atoms with Gasteiger partial charge in [0.05, 0.1) is 5.69 Å². The van der Waals surface area contributed by atoms with Gasteiger partial charge in [-0.3, -0.25) is 5.43 Å². The molecule has 16 heavy (non-hydrogen) atoms. The second-order valence-corrected chi connectivity index (χ2v) is 5.02. The van der Waals surface area contributed by atoms with Crippen LogP contribution < -0.4 is 16.6 Å². The Morgan fingerprint density at radius 3 is 2.75 bits per heavy atom. The zero-order chi connectivity index (χ0) is 12.1. The van der Waals surface area contributed by atoms with Crippen molar-refractivity contribution < 1.29 is 0 Å². The van der Waals surface area contributed by atoms with Crippen molar-refractivity contribution in [3.05, 3.63) is 21.3 Å². The smallest absolute Gasteiger partial charge is 0.182 e. The van der Waals surface area contributed by atoms with Crippen molar-refractivity contribution in [3.63, 3.8) is 0 Å². The van der Waals surface area contributed by atoms with E-state index >= 15 is 0 Å². The SMILES string of the molecule is CCc1nc(/C=C(/C)NNC(N)=S)sc1C. The first-order chi connectivity index (χ1) is 7.52. The summed E-state index contributed by atoms with van der Waals surface area (Å²) < 4.78 is 0. The number of aromatic nitrogens is 1. The van der Waals surface area contributed by atoms with E-state index in [0.717, 1.165) is 22.8 Å². The predicted octanol–water partition coefficient (Wildman–Crippen LogP) is 1.71. The fraction of sp³-hybridized carbons (Fsp3) is 0.400. The number of nitrogens with two attached hydrogens (primary N) is 1. The molecule has 0 atom stereocenters. The molecule has 1 aromatic heterocycles. The highest BCUT2D eigenvalue weighted by molar-refractivity contribution is 7.80. The summed E-state index contributed by atoms with van der Waals surface area (Å²) >= 11 is 6.37. The minimum atomic E-state index is 0.220. The summed E-state index contributed by atoms with van der Waals surface area (Å²) in [6.45, 7) is 6.12. The van der Waals surface area contributed by atoms with Gasteiger partial charge in [0.1, 0.15) is 5.01 Å². The Balaban J connectivity index is 2.70. The fourth-order valence-electron chi connectivity index (χ4n) is 1.22. The van der Waals surface area contributed by atoms with Crippen LogP contribution in [0.4, 0.5) is 0 Å². The number of aryl methyl sites for hydroxylation is 2. The Morgan fingerprint density at radius 2 is 2.25 bits per heavy atom. The summed E-state index contributed by atoms with van der Waals surface area (Å²) in [5.41, 5.74) is 12.9. The summed E-state index contributed by atoms with van der Waals surface area (Å²) in [7, 11) is 0. The molecule has 0 amide bonds. The Kier molecular flexibility index (Phi) is 4.70. The van der Waals surface area contributed by atoms with Crippen LogP contribution in [0.1, 0.15) is 29.4 Å². The highest BCUT2D eigenvalue weighted by atomic mass is 32.1. The monoisotopic (exact) mass is 256 g/mol. The van der Waals surface area contributed by atoms with E-state index in [1.807, 2.05) is 13.0 Å². The number of rotatable bonds is 4. The maximum Gasteiger partial charge on any atom is 0.182 e. The molecule has 0 fully saturated rings. The molecule has 6 heteroatoms. The van der Waals surface area contributed by atoms with Crippen molar-refractivity contribution in [2.24, 2.45) is 5.73 Å². The second kappa shape index (κ2) is 5.81. The molecule has 0 saturated carbocycles. The lowest BCUT2D eigenvalue weighted by molar-refractivity contribution is 0.774. The Hall–Kier alpha value is -1.14. The molecule has 0 aliphatic heterocycles. The number of hydrazine groups is 1. The number of allylic oxidation sites excluding steroid dienone is 1. The van der Waals surface area contributed by atoms with Crippen LogP contribution in [-0.4, -0.2) is 10.1 Å². The average molecular weight is 256 g/mol. The fourth-order valence-corrected chi connectivity index (χ4v) is 2.29. The van der Waals surface area contributed by atoms with E-state index in [4.69, 9.17) is 5.73 Å². The van der Waals surface area contributed by atoms with Gasteiger partial charge in [-0.25, -0.2) is 4.98 Å². The van der Waals surface area contributed by atoms with Crippen LogP contribution in [0, 0.1) is 6.92 Å². The number of nitrogens with one attached hydrogen (secondary N) is 2. The van der Waals surface area contributed by atoms with E-state index in [-0.39, 0.29) is 5.11 Å². The summed E-state index contributed by atoms with van der Waals surface area (Å²) in [5, 5.41) is 1.21. The molecule has 1 heterocycles. The Bertz CT molecular complexity index is 409. The van der Waals surface area contributed by atoms with E-state index < -0.39 is 0 Å². The van der Waals surface area contributed by atoms with Crippen LogP contribution in [0.5, 0.6) is 0 Å². The average Bonchev–Trinajstić information content (AvgIpc) is 2.55. The summed E-state index contributed by atoms with van der Waals surface area (Å²) in [4.78, 5) is 5.77. The normalized spacial score (nSPS) is 11.3. The predicted molar refractivity (Wildman–Crippen MR) is 72.9 cm³/mol. The van der Waals surface area contributed by atoms with E-state index in [1.54, 1.807) is 11.3 Å². The Labute approximate surface area is 105 Å². The van der Waals surface area contributed by atoms with Gasteiger partial charge in [0, 0.05) is 10.6 Å². The van der Waals surface area contributed by atoms with Crippen molar-refractivity contribution in [3.8, 4) is 0 Å².